The zero-order chi connectivity index (χ0) is 22.0. The molecule has 0 aliphatic carbocycles. The summed E-state index contributed by atoms with van der Waals surface area (Å²) in [6.45, 7) is 1.11. The molecule has 2 heterocycles. The van der Waals surface area contributed by atoms with E-state index in [0.29, 0.717) is 19.6 Å². The molecular weight excluding hydrogens is 443 g/mol. The summed E-state index contributed by atoms with van der Waals surface area (Å²) in [6, 6.07) is 8.55. The van der Waals surface area contributed by atoms with Gasteiger partial charge in [0.25, 0.3) is 5.91 Å². The number of ether oxygens (including phenoxy) is 2. The molecule has 1 amide bonds. The Kier molecular flexibility index (Phi) is 6.52. The van der Waals surface area contributed by atoms with Gasteiger partial charge in [0, 0.05) is 29.3 Å². The van der Waals surface area contributed by atoms with Gasteiger partial charge >= 0.3 is 0 Å². The largest absolute Gasteiger partial charge is 0.495 e. The molecule has 2 aliphatic rings. The van der Waals surface area contributed by atoms with Crippen molar-refractivity contribution >= 4 is 27.7 Å². The third kappa shape index (κ3) is 4.57. The van der Waals surface area contributed by atoms with Crippen LogP contribution in [-0.2, 0) is 14.8 Å². The molecule has 2 aromatic carbocycles. The number of carbonyl (C=O) groups excluding carboxylic acids is 1. The van der Waals surface area contributed by atoms with Crippen LogP contribution in [0.25, 0.3) is 0 Å². The third-order valence-corrected chi connectivity index (χ3v) is 8.37. The molecule has 4 rings (SSSR count). The van der Waals surface area contributed by atoms with E-state index in [9.17, 15) is 17.6 Å². The van der Waals surface area contributed by atoms with Crippen LogP contribution in [0.4, 0.5) is 4.39 Å². The first kappa shape index (κ1) is 22.1. The predicted molar refractivity (Wildman–Crippen MR) is 115 cm³/mol. The molecule has 2 aromatic rings. The fourth-order valence-electron chi connectivity index (χ4n) is 3.70. The number of hydrogen-bond acceptors (Lipinski definition) is 6. The number of thioether (sulfide) groups is 1. The van der Waals surface area contributed by atoms with Crippen LogP contribution in [0.5, 0.6) is 5.75 Å². The van der Waals surface area contributed by atoms with Gasteiger partial charge in [-0.1, -0.05) is 0 Å². The number of nitrogens with zero attached hydrogens (tertiary/aromatic N) is 1. The minimum Gasteiger partial charge on any atom is -0.495 e. The van der Waals surface area contributed by atoms with Gasteiger partial charge in [0.05, 0.1) is 26.4 Å². The molecule has 1 N–H and O–H groups in total. The summed E-state index contributed by atoms with van der Waals surface area (Å²) < 4.78 is 51.9. The van der Waals surface area contributed by atoms with E-state index < -0.39 is 15.9 Å². The maximum absolute atomic E-state index is 13.8. The van der Waals surface area contributed by atoms with Crippen molar-refractivity contribution in [1.29, 1.82) is 0 Å². The molecule has 0 saturated carbocycles. The molecule has 0 spiro atoms. The fourth-order valence-corrected chi connectivity index (χ4v) is 6.40. The van der Waals surface area contributed by atoms with Crippen molar-refractivity contribution in [1.82, 2.24) is 9.62 Å². The molecule has 7 nitrogen and oxygen atoms in total. The van der Waals surface area contributed by atoms with Crippen molar-refractivity contribution in [3.05, 3.63) is 53.3 Å². The molecule has 1 unspecified atom stereocenters. The Bertz CT molecular complexity index is 1090. The standard InChI is InChI=1S/C21H23FN2O5S2/c1-28-18-4-2-14(12-20(18)31(26,27)24-7-9-29-10-8-24)21(25)23-17-6-11-30-19-5-3-15(22)13-16(17)19/h2-5,12-13,17H,6-11H2,1H3,(H,23,25). The SMILES string of the molecule is COc1ccc(C(=O)NC2CCSc3ccc(F)cc32)cc1S(=O)(=O)N1CCOCC1. The summed E-state index contributed by atoms with van der Waals surface area (Å²) in [4.78, 5) is 13.9. The lowest BCUT2D eigenvalue weighted by atomic mass is 10.0. The van der Waals surface area contributed by atoms with Crippen LogP contribution < -0.4 is 10.1 Å². The first-order chi connectivity index (χ1) is 14.9. The first-order valence-electron chi connectivity index (χ1n) is 9.89. The third-order valence-electron chi connectivity index (χ3n) is 5.33. The summed E-state index contributed by atoms with van der Waals surface area (Å²) in [6.07, 6.45) is 0.655. The normalized spacial score (nSPS) is 19.5. The molecule has 1 atom stereocenters. The van der Waals surface area contributed by atoms with Gasteiger partial charge in [-0.2, -0.15) is 4.31 Å². The van der Waals surface area contributed by atoms with Gasteiger partial charge in [0.1, 0.15) is 16.5 Å². The van der Waals surface area contributed by atoms with E-state index in [-0.39, 0.29) is 41.2 Å². The molecule has 31 heavy (non-hydrogen) atoms. The number of benzene rings is 2. The first-order valence-corrected chi connectivity index (χ1v) is 12.3. The average molecular weight is 467 g/mol. The maximum atomic E-state index is 13.8. The highest BCUT2D eigenvalue weighted by molar-refractivity contribution is 7.99. The van der Waals surface area contributed by atoms with Gasteiger partial charge in [-0.15, -0.1) is 11.8 Å². The van der Waals surface area contributed by atoms with Crippen molar-refractivity contribution in [2.24, 2.45) is 0 Å². The van der Waals surface area contributed by atoms with E-state index in [1.165, 1.54) is 41.7 Å². The van der Waals surface area contributed by atoms with Gasteiger partial charge < -0.3 is 14.8 Å². The van der Waals surface area contributed by atoms with Gasteiger partial charge in [-0.05, 0) is 48.4 Å². The highest BCUT2D eigenvalue weighted by Crippen LogP contribution is 2.37. The Morgan fingerprint density at radius 2 is 2.00 bits per heavy atom. The highest BCUT2D eigenvalue weighted by atomic mass is 32.2. The Morgan fingerprint density at radius 1 is 1.23 bits per heavy atom. The number of carbonyl (C=O) groups is 1. The zero-order valence-electron chi connectivity index (χ0n) is 17.0. The molecule has 1 fully saturated rings. The molecule has 0 aromatic heterocycles. The Balaban J connectivity index is 1.62. The molecule has 166 valence electrons. The van der Waals surface area contributed by atoms with Crippen molar-refractivity contribution in [3.63, 3.8) is 0 Å². The minimum atomic E-state index is -3.85. The van der Waals surface area contributed by atoms with Gasteiger partial charge in [-0.3, -0.25) is 4.79 Å². The van der Waals surface area contributed by atoms with Gasteiger partial charge in [0.15, 0.2) is 0 Å². The zero-order valence-corrected chi connectivity index (χ0v) is 18.6. The van der Waals surface area contributed by atoms with Crippen LogP contribution in [0.3, 0.4) is 0 Å². The van der Waals surface area contributed by atoms with Crippen LogP contribution in [0, 0.1) is 5.82 Å². The molecule has 10 heteroatoms. The number of rotatable bonds is 5. The second-order valence-electron chi connectivity index (χ2n) is 7.23. The molecular formula is C21H23FN2O5S2. The van der Waals surface area contributed by atoms with Crippen LogP contribution in [0.2, 0.25) is 0 Å². The second kappa shape index (κ2) is 9.15. The molecule has 0 bridgehead atoms. The number of nitrogens with one attached hydrogen (secondary N) is 1. The number of sulfonamides is 1. The maximum Gasteiger partial charge on any atom is 0.251 e. The van der Waals surface area contributed by atoms with Crippen molar-refractivity contribution < 1.29 is 27.1 Å². The number of hydrogen-bond donors (Lipinski definition) is 1. The topological polar surface area (TPSA) is 84.9 Å². The lowest BCUT2D eigenvalue weighted by Crippen LogP contribution is -2.40. The molecule has 1 saturated heterocycles. The number of amides is 1. The number of morpholine rings is 1. The Labute approximate surface area is 185 Å². The summed E-state index contributed by atoms with van der Waals surface area (Å²) in [5.74, 6) is 0.185. The monoisotopic (exact) mass is 466 g/mol. The van der Waals surface area contributed by atoms with Gasteiger partial charge in [-0.25, -0.2) is 12.8 Å². The van der Waals surface area contributed by atoms with Crippen molar-refractivity contribution in [2.45, 2.75) is 22.3 Å². The fraction of sp³-hybridized carbons (Fsp3) is 0.381. The van der Waals surface area contributed by atoms with E-state index in [4.69, 9.17) is 9.47 Å². The Hall–Kier alpha value is -2.14. The average Bonchev–Trinajstić information content (AvgIpc) is 2.79. The lowest BCUT2D eigenvalue weighted by molar-refractivity contribution is 0.0729. The number of halogens is 1. The molecule has 2 aliphatic heterocycles. The van der Waals surface area contributed by atoms with Crippen LogP contribution in [0.15, 0.2) is 46.2 Å². The van der Waals surface area contributed by atoms with Crippen LogP contribution in [0.1, 0.15) is 28.4 Å². The van der Waals surface area contributed by atoms with Crippen molar-refractivity contribution in [3.8, 4) is 5.75 Å². The summed E-state index contributed by atoms with van der Waals surface area (Å²) in [5.41, 5.74) is 0.933. The molecule has 0 radical (unpaired) electrons. The summed E-state index contributed by atoms with van der Waals surface area (Å²) in [7, 11) is -2.47. The number of fused-ring (bicyclic) bond motifs is 1. The van der Waals surface area contributed by atoms with Crippen molar-refractivity contribution in [2.75, 3.05) is 39.2 Å². The van der Waals surface area contributed by atoms with Crippen LogP contribution in [-0.4, -0.2) is 57.8 Å². The second-order valence-corrected chi connectivity index (χ2v) is 10.3. The highest BCUT2D eigenvalue weighted by Gasteiger charge is 2.31. The van der Waals surface area contributed by atoms with E-state index >= 15 is 0 Å². The summed E-state index contributed by atoms with van der Waals surface area (Å²) in [5, 5.41) is 2.93. The predicted octanol–water partition coefficient (Wildman–Crippen LogP) is 2.82. The van der Waals surface area contributed by atoms with Crippen LogP contribution >= 0.6 is 11.8 Å². The lowest BCUT2D eigenvalue weighted by Gasteiger charge is -2.27. The number of methoxy groups -OCH3 is 1. The van der Waals surface area contributed by atoms with E-state index in [2.05, 4.69) is 5.32 Å². The smallest absolute Gasteiger partial charge is 0.251 e. The summed E-state index contributed by atoms with van der Waals surface area (Å²) >= 11 is 1.62. The van der Waals surface area contributed by atoms with E-state index in [0.717, 1.165) is 16.2 Å². The van der Waals surface area contributed by atoms with E-state index in [1.807, 2.05) is 0 Å². The quantitative estimate of drug-likeness (QED) is 0.730. The van der Waals surface area contributed by atoms with E-state index in [1.54, 1.807) is 17.8 Å². The minimum absolute atomic E-state index is 0.0600. The van der Waals surface area contributed by atoms with Gasteiger partial charge in [0.2, 0.25) is 10.0 Å². The Morgan fingerprint density at radius 3 is 2.74 bits per heavy atom.